The smallest absolute Gasteiger partial charge is 0.322 e. The summed E-state index contributed by atoms with van der Waals surface area (Å²) in [5.74, 6) is 1.31. The third kappa shape index (κ3) is 2.76. The van der Waals surface area contributed by atoms with Gasteiger partial charge in [-0.15, -0.1) is 0 Å². The summed E-state index contributed by atoms with van der Waals surface area (Å²) < 4.78 is 5.77. The van der Waals surface area contributed by atoms with Gasteiger partial charge in [0, 0.05) is 24.7 Å². The molecule has 1 saturated carbocycles. The lowest BCUT2D eigenvalue weighted by Crippen LogP contribution is -2.38. The molecule has 3 aromatic rings. The summed E-state index contributed by atoms with van der Waals surface area (Å²) >= 11 is 0. The van der Waals surface area contributed by atoms with Crippen LogP contribution in [0.3, 0.4) is 0 Å². The van der Waals surface area contributed by atoms with Crippen molar-refractivity contribution in [3.8, 4) is 0 Å². The highest BCUT2D eigenvalue weighted by Crippen LogP contribution is 2.40. The number of carbonyl (C=O) groups excluding carboxylic acids is 1. The van der Waals surface area contributed by atoms with Gasteiger partial charge in [-0.2, -0.15) is 0 Å². The minimum absolute atomic E-state index is 0.0697. The predicted octanol–water partition coefficient (Wildman–Crippen LogP) is 4.30. The second kappa shape index (κ2) is 5.62. The second-order valence-corrected chi connectivity index (χ2v) is 6.88. The number of hydrogen-bond donors (Lipinski definition) is 1. The molecule has 2 aromatic carbocycles. The number of nitrogens with one attached hydrogen (secondary N) is 1. The molecule has 0 unspecified atom stereocenters. The van der Waals surface area contributed by atoms with Crippen molar-refractivity contribution in [1.29, 1.82) is 0 Å². The third-order valence-electron chi connectivity index (χ3n) is 5.00. The van der Waals surface area contributed by atoms with E-state index in [9.17, 15) is 4.79 Å². The Balaban J connectivity index is 1.33. The van der Waals surface area contributed by atoms with E-state index in [-0.39, 0.29) is 6.03 Å². The van der Waals surface area contributed by atoms with Gasteiger partial charge in [0.2, 0.25) is 0 Å². The highest BCUT2D eigenvalue weighted by Gasteiger charge is 2.29. The molecule has 25 heavy (non-hydrogen) atoms. The van der Waals surface area contributed by atoms with E-state index in [0.717, 1.165) is 48.5 Å². The summed E-state index contributed by atoms with van der Waals surface area (Å²) in [5.41, 5.74) is 4.91. The Hall–Kier alpha value is -2.82. The van der Waals surface area contributed by atoms with Crippen molar-refractivity contribution in [3.05, 3.63) is 59.5 Å². The van der Waals surface area contributed by atoms with Crippen LogP contribution in [0.15, 0.2) is 46.9 Å². The Morgan fingerprint density at radius 3 is 2.84 bits per heavy atom. The van der Waals surface area contributed by atoms with Gasteiger partial charge in [-0.1, -0.05) is 24.3 Å². The van der Waals surface area contributed by atoms with Crippen molar-refractivity contribution in [3.63, 3.8) is 0 Å². The summed E-state index contributed by atoms with van der Waals surface area (Å²) in [6.45, 7) is 1.39. The fourth-order valence-corrected chi connectivity index (χ4v) is 3.40. The number of hydrogen-bond acceptors (Lipinski definition) is 3. The molecule has 0 atom stereocenters. The van der Waals surface area contributed by atoms with Crippen molar-refractivity contribution in [2.45, 2.75) is 31.7 Å². The van der Waals surface area contributed by atoms with Gasteiger partial charge >= 0.3 is 6.03 Å². The summed E-state index contributed by atoms with van der Waals surface area (Å²) in [6, 6.07) is 13.9. The van der Waals surface area contributed by atoms with Crippen molar-refractivity contribution in [2.75, 3.05) is 11.9 Å². The summed E-state index contributed by atoms with van der Waals surface area (Å²) in [5, 5.41) is 2.99. The Labute approximate surface area is 145 Å². The molecule has 1 aliphatic carbocycles. The van der Waals surface area contributed by atoms with Gasteiger partial charge < -0.3 is 14.6 Å². The minimum atomic E-state index is -0.0697. The number of amides is 2. The van der Waals surface area contributed by atoms with Gasteiger partial charge in [0.05, 0.1) is 0 Å². The van der Waals surface area contributed by atoms with Crippen LogP contribution in [0.25, 0.3) is 11.1 Å². The van der Waals surface area contributed by atoms with E-state index in [1.165, 1.54) is 11.1 Å². The van der Waals surface area contributed by atoms with Crippen molar-refractivity contribution >= 4 is 22.8 Å². The molecule has 5 heteroatoms. The van der Waals surface area contributed by atoms with Crippen molar-refractivity contribution in [1.82, 2.24) is 9.88 Å². The van der Waals surface area contributed by atoms with Gasteiger partial charge in [0.1, 0.15) is 5.52 Å². The zero-order chi connectivity index (χ0) is 16.8. The van der Waals surface area contributed by atoms with Crippen LogP contribution in [0.2, 0.25) is 0 Å². The van der Waals surface area contributed by atoms with Crippen molar-refractivity contribution < 1.29 is 9.21 Å². The summed E-state index contributed by atoms with van der Waals surface area (Å²) in [6.07, 6.45) is 3.22. The number of nitrogens with zero attached hydrogens (tertiary/aromatic N) is 2. The number of oxazole rings is 1. The number of urea groups is 1. The molecule has 0 saturated heterocycles. The molecule has 2 aliphatic rings. The van der Waals surface area contributed by atoms with Crippen LogP contribution in [0.1, 0.15) is 35.8 Å². The van der Waals surface area contributed by atoms with Crippen LogP contribution in [0.4, 0.5) is 10.5 Å². The molecule has 5 rings (SSSR count). The first kappa shape index (κ1) is 14.5. The van der Waals surface area contributed by atoms with Crippen LogP contribution >= 0.6 is 0 Å². The fraction of sp³-hybridized carbons (Fsp3) is 0.300. The van der Waals surface area contributed by atoms with E-state index in [4.69, 9.17) is 4.42 Å². The number of carbonyl (C=O) groups is 1. The SMILES string of the molecule is O=C(Nc1ccc2oc(C3CC3)nc2c1)N1CCc2ccccc2C1. The number of anilines is 1. The van der Waals surface area contributed by atoms with E-state index in [1.807, 2.05) is 29.2 Å². The maximum absolute atomic E-state index is 12.6. The van der Waals surface area contributed by atoms with Gasteiger partial charge in [0.25, 0.3) is 0 Å². The largest absolute Gasteiger partial charge is 0.440 e. The van der Waals surface area contributed by atoms with E-state index in [0.29, 0.717) is 12.5 Å². The molecule has 126 valence electrons. The molecule has 1 aromatic heterocycles. The molecule has 2 heterocycles. The molecule has 2 amide bonds. The summed E-state index contributed by atoms with van der Waals surface area (Å²) in [7, 11) is 0. The van der Waals surface area contributed by atoms with Gasteiger partial charge in [-0.25, -0.2) is 9.78 Å². The molecule has 1 N–H and O–H groups in total. The number of aromatic nitrogens is 1. The Morgan fingerprint density at radius 1 is 1.16 bits per heavy atom. The second-order valence-electron chi connectivity index (χ2n) is 6.88. The topological polar surface area (TPSA) is 58.4 Å². The standard InChI is InChI=1S/C20H19N3O2/c24-20(23-10-9-13-3-1-2-4-15(13)12-23)21-16-7-8-18-17(11-16)22-19(25-18)14-5-6-14/h1-4,7-8,11,14H,5-6,9-10,12H2,(H,21,24). The number of benzene rings is 2. The first-order valence-corrected chi connectivity index (χ1v) is 8.79. The molecule has 1 aliphatic heterocycles. The average molecular weight is 333 g/mol. The van der Waals surface area contributed by atoms with E-state index in [1.54, 1.807) is 0 Å². The van der Waals surface area contributed by atoms with Crippen LogP contribution in [-0.2, 0) is 13.0 Å². The lowest BCUT2D eigenvalue weighted by molar-refractivity contribution is 0.206. The Bertz CT molecular complexity index is 958. The van der Waals surface area contributed by atoms with E-state index in [2.05, 4.69) is 28.5 Å². The summed E-state index contributed by atoms with van der Waals surface area (Å²) in [4.78, 5) is 19.0. The van der Waals surface area contributed by atoms with Crippen LogP contribution in [0.5, 0.6) is 0 Å². The van der Waals surface area contributed by atoms with Crippen LogP contribution in [-0.4, -0.2) is 22.5 Å². The van der Waals surface area contributed by atoms with Crippen LogP contribution < -0.4 is 5.32 Å². The van der Waals surface area contributed by atoms with Gasteiger partial charge in [0.15, 0.2) is 11.5 Å². The van der Waals surface area contributed by atoms with Crippen LogP contribution in [0, 0.1) is 0 Å². The molecular formula is C20H19N3O2. The quantitative estimate of drug-likeness (QED) is 0.761. The lowest BCUT2D eigenvalue weighted by atomic mass is 10.0. The molecule has 0 bridgehead atoms. The maximum Gasteiger partial charge on any atom is 0.322 e. The molecule has 0 radical (unpaired) electrons. The predicted molar refractivity (Wildman–Crippen MR) is 95.6 cm³/mol. The average Bonchev–Trinajstić information content (AvgIpc) is 3.41. The molecule has 5 nitrogen and oxygen atoms in total. The highest BCUT2D eigenvalue weighted by molar-refractivity contribution is 5.91. The Morgan fingerprint density at radius 2 is 2.00 bits per heavy atom. The van der Waals surface area contributed by atoms with Crippen molar-refractivity contribution in [2.24, 2.45) is 0 Å². The van der Waals surface area contributed by atoms with Gasteiger partial charge in [-0.3, -0.25) is 0 Å². The molecule has 0 spiro atoms. The lowest BCUT2D eigenvalue weighted by Gasteiger charge is -2.28. The first-order chi connectivity index (χ1) is 12.3. The van der Waals surface area contributed by atoms with Gasteiger partial charge in [-0.05, 0) is 48.6 Å². The zero-order valence-electron chi connectivity index (χ0n) is 13.9. The monoisotopic (exact) mass is 333 g/mol. The first-order valence-electron chi connectivity index (χ1n) is 8.79. The number of fused-ring (bicyclic) bond motifs is 2. The Kier molecular flexibility index (Phi) is 3.26. The molecule has 1 fully saturated rings. The third-order valence-corrected chi connectivity index (χ3v) is 5.00. The van der Waals surface area contributed by atoms with E-state index >= 15 is 0 Å². The fourth-order valence-electron chi connectivity index (χ4n) is 3.40. The van der Waals surface area contributed by atoms with E-state index < -0.39 is 0 Å². The normalized spacial score (nSPS) is 16.7. The molecular weight excluding hydrogens is 314 g/mol. The maximum atomic E-state index is 12.6. The highest BCUT2D eigenvalue weighted by atomic mass is 16.3. The number of rotatable bonds is 2. The zero-order valence-corrected chi connectivity index (χ0v) is 13.9. The minimum Gasteiger partial charge on any atom is -0.440 e.